The number of nitrogens with zero attached hydrogens (tertiary/aromatic N) is 3. The van der Waals surface area contributed by atoms with Gasteiger partial charge in [0, 0.05) is 31.4 Å². The Hall–Kier alpha value is -3.45. The average molecular weight is 589 g/mol. The van der Waals surface area contributed by atoms with Gasteiger partial charge in [-0.15, -0.1) is 0 Å². The fourth-order valence-corrected chi connectivity index (χ4v) is 6.16. The van der Waals surface area contributed by atoms with E-state index in [0.717, 1.165) is 37.9 Å². The van der Waals surface area contributed by atoms with Crippen LogP contribution in [0.25, 0.3) is 10.9 Å². The number of pyridine rings is 2. The van der Waals surface area contributed by atoms with Crippen molar-refractivity contribution in [2.75, 3.05) is 18.0 Å². The number of aromatic nitrogens is 2. The van der Waals surface area contributed by atoms with Crippen molar-refractivity contribution in [1.82, 2.24) is 9.55 Å². The highest BCUT2D eigenvalue weighted by Gasteiger charge is 2.38. The van der Waals surface area contributed by atoms with Crippen molar-refractivity contribution in [3.63, 3.8) is 0 Å². The summed E-state index contributed by atoms with van der Waals surface area (Å²) >= 11 is 6.79. The number of halogens is 1. The molecular formula is C27H29ClN4O7S. The highest BCUT2D eigenvalue weighted by atomic mass is 35.5. The molecule has 6 rings (SSSR count). The predicted molar refractivity (Wildman–Crippen MR) is 150 cm³/mol. The smallest absolute Gasteiger partial charge is 0.449 e. The number of nitrogens with two attached hydrogens (primary N) is 1. The molecule has 0 amide bonds. The molecule has 13 heteroatoms. The maximum absolute atomic E-state index is 12.8. The second kappa shape index (κ2) is 10.8. The molecule has 4 N–H and O–H groups in total. The van der Waals surface area contributed by atoms with E-state index in [2.05, 4.69) is 22.0 Å². The molecule has 40 heavy (non-hydrogen) atoms. The Balaban J connectivity index is 0.000000248. The molecule has 1 aromatic carbocycles. The Morgan fingerprint density at radius 3 is 2.50 bits per heavy atom. The molecule has 1 aliphatic heterocycles. The molecule has 3 atom stereocenters. The van der Waals surface area contributed by atoms with Crippen molar-refractivity contribution in [2.45, 2.75) is 43.2 Å². The zero-order valence-electron chi connectivity index (χ0n) is 21.6. The zero-order chi connectivity index (χ0) is 28.8. The largest absolute Gasteiger partial charge is 0.511 e. The molecule has 1 saturated heterocycles. The number of carboxylic acid groups (broad SMARTS) is 1. The number of hydrogen-bond acceptors (Lipinski definition) is 8. The van der Waals surface area contributed by atoms with Gasteiger partial charge in [0.2, 0.25) is 5.43 Å². The van der Waals surface area contributed by atoms with Gasteiger partial charge in [0.05, 0.1) is 22.0 Å². The molecule has 11 nitrogen and oxygen atoms in total. The van der Waals surface area contributed by atoms with Gasteiger partial charge in [0.15, 0.2) is 5.75 Å². The number of fused-ring (bicyclic) bond motifs is 2. The van der Waals surface area contributed by atoms with Crippen LogP contribution in [-0.4, -0.2) is 52.9 Å². The van der Waals surface area contributed by atoms with Gasteiger partial charge in [0.1, 0.15) is 10.8 Å². The summed E-state index contributed by atoms with van der Waals surface area (Å²) in [5, 5.41) is 9.61. The third kappa shape index (κ3) is 5.71. The van der Waals surface area contributed by atoms with Crippen LogP contribution < -0.4 is 20.8 Å². The standard InChI is InChI=1S/C20H21ClN4O4.C7H8O3S/c21-16-17-12(18(26)15(29-20(27)28)9-25(17)11-4-5-11)6-23-19(16)24-7-10-2-1-3-14(22)13(10)8-24;1-6-2-4-7(5-3-6)11(8,9)10/h1,3,6,9-11,13-14H,2,4-5,7-8,22H2,(H,27,28);2-5H,1H3,(H,8,9,10)/t10-,13+,14-;/m1./s1. The van der Waals surface area contributed by atoms with Crippen LogP contribution in [0.1, 0.15) is 30.9 Å². The molecular weight excluding hydrogens is 560 g/mol. The van der Waals surface area contributed by atoms with E-state index in [-0.39, 0.29) is 28.1 Å². The summed E-state index contributed by atoms with van der Waals surface area (Å²) in [4.78, 5) is 30.3. The third-order valence-electron chi connectivity index (χ3n) is 7.50. The lowest BCUT2D eigenvalue weighted by atomic mass is 9.83. The Morgan fingerprint density at radius 2 is 1.90 bits per heavy atom. The van der Waals surface area contributed by atoms with Crippen molar-refractivity contribution >= 4 is 44.6 Å². The molecule has 1 saturated carbocycles. The number of ether oxygens (including phenoxy) is 1. The van der Waals surface area contributed by atoms with Crippen LogP contribution in [0, 0.1) is 18.8 Å². The van der Waals surface area contributed by atoms with Gasteiger partial charge >= 0.3 is 6.16 Å². The van der Waals surface area contributed by atoms with Crippen LogP contribution in [0.2, 0.25) is 5.02 Å². The van der Waals surface area contributed by atoms with Crippen LogP contribution in [0.5, 0.6) is 5.75 Å². The fraction of sp³-hybridized carbons (Fsp3) is 0.370. The first-order valence-electron chi connectivity index (χ1n) is 12.8. The predicted octanol–water partition coefficient (Wildman–Crippen LogP) is 4.02. The van der Waals surface area contributed by atoms with Crippen LogP contribution >= 0.6 is 11.6 Å². The minimum atomic E-state index is -4.02. The zero-order valence-corrected chi connectivity index (χ0v) is 23.2. The lowest BCUT2D eigenvalue weighted by molar-refractivity contribution is 0.143. The maximum Gasteiger partial charge on any atom is 0.511 e. The maximum atomic E-state index is 12.8. The molecule has 3 aliphatic rings. The van der Waals surface area contributed by atoms with Crippen molar-refractivity contribution < 1.29 is 27.6 Å². The Morgan fingerprint density at radius 1 is 1.20 bits per heavy atom. The van der Waals surface area contributed by atoms with Gasteiger partial charge in [-0.3, -0.25) is 9.35 Å². The summed E-state index contributed by atoms with van der Waals surface area (Å²) in [5.41, 5.74) is 7.28. The number of allylic oxidation sites excluding steroid dienone is 1. The van der Waals surface area contributed by atoms with Gasteiger partial charge in [-0.25, -0.2) is 9.78 Å². The second-order valence-corrected chi connectivity index (χ2v) is 12.1. The van der Waals surface area contributed by atoms with E-state index in [1.807, 2.05) is 11.5 Å². The lowest BCUT2D eigenvalue weighted by Gasteiger charge is -2.25. The Bertz CT molecular complexity index is 1650. The van der Waals surface area contributed by atoms with Crippen LogP contribution in [0.4, 0.5) is 10.6 Å². The van der Waals surface area contributed by atoms with E-state index < -0.39 is 21.7 Å². The van der Waals surface area contributed by atoms with E-state index in [1.54, 1.807) is 12.1 Å². The topological polar surface area (TPSA) is 165 Å². The molecule has 3 heterocycles. The summed E-state index contributed by atoms with van der Waals surface area (Å²) in [7, 11) is -4.02. The number of anilines is 1. The first-order chi connectivity index (χ1) is 18.9. The molecule has 0 spiro atoms. The summed E-state index contributed by atoms with van der Waals surface area (Å²) in [6.07, 6.45) is 8.48. The monoisotopic (exact) mass is 588 g/mol. The molecule has 0 radical (unpaired) electrons. The van der Waals surface area contributed by atoms with Crippen LogP contribution in [0.3, 0.4) is 0 Å². The molecule has 0 unspecified atom stereocenters. The van der Waals surface area contributed by atoms with E-state index in [9.17, 15) is 18.0 Å². The van der Waals surface area contributed by atoms with Crippen LogP contribution in [-0.2, 0) is 10.1 Å². The fourth-order valence-electron chi connectivity index (χ4n) is 5.31. The van der Waals surface area contributed by atoms with Crippen molar-refractivity contribution in [3.05, 3.63) is 69.6 Å². The number of carbonyl (C=O) groups is 1. The molecule has 2 aromatic heterocycles. The Labute approximate surface area is 235 Å². The molecule has 212 valence electrons. The van der Waals surface area contributed by atoms with Crippen molar-refractivity contribution in [1.29, 1.82) is 0 Å². The quantitative estimate of drug-likeness (QED) is 0.230. The van der Waals surface area contributed by atoms with Gasteiger partial charge < -0.3 is 25.0 Å². The normalized spacial score (nSPS) is 22.0. The SMILES string of the molecule is Cc1ccc(S(=O)(=O)O)cc1.N[C@@H]1C=CC[C@@H]2CN(c3ncc4c(=O)c(OC(=O)O)cn(C5CC5)c4c3Cl)C[C@@H]21. The minimum Gasteiger partial charge on any atom is -0.449 e. The molecule has 0 bridgehead atoms. The first-order valence-corrected chi connectivity index (χ1v) is 14.6. The van der Waals surface area contributed by atoms with Gasteiger partial charge in [0.25, 0.3) is 10.1 Å². The molecule has 3 aromatic rings. The second-order valence-electron chi connectivity index (χ2n) is 10.3. The van der Waals surface area contributed by atoms with Gasteiger partial charge in [-0.2, -0.15) is 8.42 Å². The van der Waals surface area contributed by atoms with E-state index in [0.29, 0.717) is 28.2 Å². The van der Waals surface area contributed by atoms with Crippen LogP contribution in [0.15, 0.2) is 58.5 Å². The van der Waals surface area contributed by atoms with Gasteiger partial charge in [-0.05, 0) is 50.2 Å². The minimum absolute atomic E-state index is 0.0263. The van der Waals surface area contributed by atoms with Crippen molar-refractivity contribution in [2.24, 2.45) is 17.6 Å². The summed E-state index contributed by atoms with van der Waals surface area (Å²) in [6, 6.07) is 6.18. The Kier molecular flexibility index (Phi) is 7.62. The van der Waals surface area contributed by atoms with Crippen molar-refractivity contribution in [3.8, 4) is 5.75 Å². The highest BCUT2D eigenvalue weighted by Crippen LogP contribution is 2.42. The van der Waals surface area contributed by atoms with E-state index >= 15 is 0 Å². The third-order valence-corrected chi connectivity index (χ3v) is 8.71. The molecule has 2 aliphatic carbocycles. The summed E-state index contributed by atoms with van der Waals surface area (Å²) in [6.45, 7) is 3.42. The highest BCUT2D eigenvalue weighted by molar-refractivity contribution is 7.85. The van der Waals surface area contributed by atoms with Gasteiger partial charge in [-0.1, -0.05) is 41.4 Å². The number of hydrogen-bond donors (Lipinski definition) is 3. The van der Waals surface area contributed by atoms with E-state index in [4.69, 9.17) is 31.7 Å². The molecule has 2 fully saturated rings. The number of benzene rings is 1. The van der Waals surface area contributed by atoms with E-state index in [1.165, 1.54) is 24.5 Å². The average Bonchev–Trinajstić information content (AvgIpc) is 3.64. The summed E-state index contributed by atoms with van der Waals surface area (Å²) in [5.74, 6) is 1.22. The number of rotatable bonds is 4. The lowest BCUT2D eigenvalue weighted by Crippen LogP contribution is -2.35. The first kappa shape index (κ1) is 28.1. The summed E-state index contributed by atoms with van der Waals surface area (Å²) < 4.78 is 36.1. The number of aryl methyl sites for hydroxylation is 1.